The number of aromatic nitrogens is 3. The van der Waals surface area contributed by atoms with Gasteiger partial charge in [-0.05, 0) is 81.7 Å². The molecule has 2 aromatic carbocycles. The highest BCUT2D eigenvalue weighted by Gasteiger charge is 2.31. The Morgan fingerprint density at radius 3 is 2.56 bits per heavy atom. The van der Waals surface area contributed by atoms with Crippen LogP contribution in [0, 0.1) is 11.7 Å². The standard InChI is InChI=1S/C29H30F4N6O2/c1-38-13-10-18(11-14-38)3-8-27(40)37-26-17-21(9-12-34-26)41-20-5-7-25-24(16-20)36-28(39(25)2)35-23-15-19(29(31,32)33)4-6-22(23)30/h4-7,9,12,15-18H,3,8,10-11,13-14H2,1-2H3,(H,35,36)(H,34,37,40). The average Bonchev–Trinajstić information content (AvgIpc) is 3.23. The highest BCUT2D eigenvalue weighted by Crippen LogP contribution is 2.34. The molecule has 2 N–H and O–H groups in total. The SMILES string of the molecule is CN1CCC(CCC(=O)Nc2cc(Oc3ccc4c(c3)nc(Nc3cc(C(F)(F)F)ccc3F)n4C)ccn2)CC1. The van der Waals surface area contributed by atoms with E-state index in [1.807, 2.05) is 0 Å². The monoisotopic (exact) mass is 570 g/mol. The van der Waals surface area contributed by atoms with Crippen molar-refractivity contribution in [2.24, 2.45) is 13.0 Å². The minimum Gasteiger partial charge on any atom is -0.457 e. The smallest absolute Gasteiger partial charge is 0.416 e. The summed E-state index contributed by atoms with van der Waals surface area (Å²) in [6.07, 6.45) is 0.407. The van der Waals surface area contributed by atoms with Crippen molar-refractivity contribution in [3.05, 3.63) is 66.1 Å². The van der Waals surface area contributed by atoms with Gasteiger partial charge >= 0.3 is 6.18 Å². The van der Waals surface area contributed by atoms with E-state index in [2.05, 4.69) is 32.5 Å². The van der Waals surface area contributed by atoms with E-state index < -0.39 is 17.6 Å². The van der Waals surface area contributed by atoms with Gasteiger partial charge in [0.1, 0.15) is 23.1 Å². The summed E-state index contributed by atoms with van der Waals surface area (Å²) in [5.74, 6) is 1.05. The van der Waals surface area contributed by atoms with Gasteiger partial charge in [0.05, 0.1) is 22.3 Å². The number of nitrogens with one attached hydrogen (secondary N) is 2. The molecule has 1 saturated heterocycles. The number of imidazole rings is 1. The van der Waals surface area contributed by atoms with E-state index in [4.69, 9.17) is 4.74 Å². The quantitative estimate of drug-likeness (QED) is 0.229. The Bertz CT molecular complexity index is 1550. The summed E-state index contributed by atoms with van der Waals surface area (Å²) < 4.78 is 61.1. The van der Waals surface area contributed by atoms with Crippen molar-refractivity contribution in [2.45, 2.75) is 31.9 Å². The Balaban J connectivity index is 1.24. The van der Waals surface area contributed by atoms with Gasteiger partial charge in [-0.1, -0.05) is 0 Å². The van der Waals surface area contributed by atoms with E-state index in [0.29, 0.717) is 52.8 Å². The first-order chi connectivity index (χ1) is 19.5. The topological polar surface area (TPSA) is 84.3 Å². The van der Waals surface area contributed by atoms with Crippen LogP contribution in [0.1, 0.15) is 31.2 Å². The zero-order valence-corrected chi connectivity index (χ0v) is 22.6. The second-order valence-electron chi connectivity index (χ2n) is 10.3. The summed E-state index contributed by atoms with van der Waals surface area (Å²) in [5.41, 5.74) is -0.177. The molecule has 3 heterocycles. The molecule has 0 spiro atoms. The number of amides is 1. The number of ether oxygens (including phenoxy) is 1. The van der Waals surface area contributed by atoms with E-state index in [0.717, 1.165) is 38.4 Å². The summed E-state index contributed by atoms with van der Waals surface area (Å²) in [7, 11) is 3.77. The number of pyridine rings is 1. The van der Waals surface area contributed by atoms with E-state index in [9.17, 15) is 22.4 Å². The predicted molar refractivity (Wildman–Crippen MR) is 148 cm³/mol. The lowest BCUT2D eigenvalue weighted by Crippen LogP contribution is -2.30. The van der Waals surface area contributed by atoms with Gasteiger partial charge < -0.3 is 24.8 Å². The number of carbonyl (C=O) groups excluding carboxylic acids is 1. The van der Waals surface area contributed by atoms with Crippen LogP contribution in [0.4, 0.5) is 35.0 Å². The Labute approximate surface area is 234 Å². The van der Waals surface area contributed by atoms with Crippen molar-refractivity contribution >= 4 is 34.4 Å². The van der Waals surface area contributed by atoms with Gasteiger partial charge in [-0.15, -0.1) is 0 Å². The third kappa shape index (κ3) is 6.94. The summed E-state index contributed by atoms with van der Waals surface area (Å²) in [5, 5.41) is 5.49. The van der Waals surface area contributed by atoms with Crippen molar-refractivity contribution in [3.63, 3.8) is 0 Å². The zero-order chi connectivity index (χ0) is 29.1. The number of alkyl halides is 3. The number of piperidine rings is 1. The van der Waals surface area contributed by atoms with Crippen LogP contribution in [0.15, 0.2) is 54.7 Å². The lowest BCUT2D eigenvalue weighted by atomic mass is 9.92. The largest absolute Gasteiger partial charge is 0.457 e. The molecule has 1 amide bonds. The van der Waals surface area contributed by atoms with Crippen LogP contribution >= 0.6 is 0 Å². The molecule has 0 unspecified atom stereocenters. The molecule has 0 saturated carbocycles. The van der Waals surface area contributed by atoms with E-state index >= 15 is 0 Å². The fraction of sp³-hybridized carbons (Fsp3) is 0.345. The third-order valence-electron chi connectivity index (χ3n) is 7.24. The molecule has 8 nitrogen and oxygen atoms in total. The fourth-order valence-electron chi connectivity index (χ4n) is 4.84. The van der Waals surface area contributed by atoms with Crippen LogP contribution in [-0.4, -0.2) is 45.5 Å². The zero-order valence-electron chi connectivity index (χ0n) is 22.6. The van der Waals surface area contributed by atoms with Crippen LogP contribution in [0.3, 0.4) is 0 Å². The van der Waals surface area contributed by atoms with Gasteiger partial charge in [0.15, 0.2) is 0 Å². The Morgan fingerprint density at radius 1 is 1.05 bits per heavy atom. The first-order valence-corrected chi connectivity index (χ1v) is 13.3. The highest BCUT2D eigenvalue weighted by molar-refractivity contribution is 5.89. The molecule has 0 atom stereocenters. The van der Waals surface area contributed by atoms with Gasteiger partial charge in [-0.2, -0.15) is 13.2 Å². The Kier molecular flexibility index (Phi) is 8.11. The second-order valence-corrected chi connectivity index (χ2v) is 10.3. The molecule has 12 heteroatoms. The average molecular weight is 571 g/mol. The lowest BCUT2D eigenvalue weighted by molar-refractivity contribution is -0.137. The molecule has 216 valence electrons. The van der Waals surface area contributed by atoms with Crippen LogP contribution in [0.2, 0.25) is 0 Å². The summed E-state index contributed by atoms with van der Waals surface area (Å²) in [4.78, 5) is 23.4. The Morgan fingerprint density at radius 2 is 1.80 bits per heavy atom. The maximum atomic E-state index is 14.3. The fourth-order valence-corrected chi connectivity index (χ4v) is 4.84. The molecular weight excluding hydrogens is 540 g/mol. The van der Waals surface area contributed by atoms with Crippen molar-refractivity contribution in [1.29, 1.82) is 0 Å². The molecule has 2 aromatic heterocycles. The number of benzene rings is 2. The van der Waals surface area contributed by atoms with Crippen LogP contribution < -0.4 is 15.4 Å². The summed E-state index contributed by atoms with van der Waals surface area (Å²) >= 11 is 0. The molecule has 1 fully saturated rings. The van der Waals surface area contributed by atoms with Crippen LogP contribution in [0.5, 0.6) is 11.5 Å². The van der Waals surface area contributed by atoms with Crippen LogP contribution in [0.25, 0.3) is 11.0 Å². The number of aryl methyl sites for hydroxylation is 1. The van der Waals surface area contributed by atoms with E-state index in [1.165, 1.54) is 6.20 Å². The molecule has 0 bridgehead atoms. The van der Waals surface area contributed by atoms with Gasteiger partial charge in [-0.25, -0.2) is 14.4 Å². The van der Waals surface area contributed by atoms with Crippen LogP contribution in [-0.2, 0) is 18.0 Å². The second kappa shape index (κ2) is 11.7. The number of nitrogens with zero attached hydrogens (tertiary/aromatic N) is 4. The van der Waals surface area contributed by atoms with Crippen molar-refractivity contribution < 1.29 is 27.1 Å². The first-order valence-electron chi connectivity index (χ1n) is 13.3. The number of halogens is 4. The van der Waals surface area contributed by atoms with Gasteiger partial charge in [-0.3, -0.25) is 4.79 Å². The Hall–Kier alpha value is -4.19. The number of carbonyl (C=O) groups is 1. The minimum atomic E-state index is -4.61. The maximum absolute atomic E-state index is 14.3. The molecule has 1 aliphatic rings. The number of rotatable bonds is 8. The summed E-state index contributed by atoms with van der Waals surface area (Å²) in [6, 6.07) is 10.5. The molecule has 41 heavy (non-hydrogen) atoms. The van der Waals surface area contributed by atoms with Crippen molar-refractivity contribution in [2.75, 3.05) is 30.8 Å². The van der Waals surface area contributed by atoms with Gasteiger partial charge in [0.25, 0.3) is 0 Å². The van der Waals surface area contributed by atoms with Crippen molar-refractivity contribution in [1.82, 2.24) is 19.4 Å². The van der Waals surface area contributed by atoms with Gasteiger partial charge in [0.2, 0.25) is 11.9 Å². The maximum Gasteiger partial charge on any atom is 0.416 e. The molecule has 0 radical (unpaired) electrons. The van der Waals surface area contributed by atoms with Crippen molar-refractivity contribution in [3.8, 4) is 11.5 Å². The third-order valence-corrected chi connectivity index (χ3v) is 7.24. The molecular formula is C29H30F4N6O2. The number of hydrogen-bond donors (Lipinski definition) is 2. The number of likely N-dealkylation sites (tertiary alicyclic amines) is 1. The number of fused-ring (bicyclic) bond motifs is 1. The van der Waals surface area contributed by atoms with E-state index in [-0.39, 0.29) is 17.5 Å². The number of anilines is 3. The number of hydrogen-bond acceptors (Lipinski definition) is 6. The minimum absolute atomic E-state index is 0.0966. The first kappa shape index (κ1) is 28.3. The predicted octanol–water partition coefficient (Wildman–Crippen LogP) is 6.72. The normalized spacial score (nSPS) is 14.8. The lowest BCUT2D eigenvalue weighted by Gasteiger charge is -2.28. The molecule has 5 rings (SSSR count). The molecule has 1 aliphatic heterocycles. The molecule has 0 aliphatic carbocycles. The van der Waals surface area contributed by atoms with Gasteiger partial charge in [0, 0.05) is 31.8 Å². The van der Waals surface area contributed by atoms with E-state index in [1.54, 1.807) is 41.9 Å². The molecule has 4 aromatic rings. The highest BCUT2D eigenvalue weighted by atomic mass is 19.4. The summed E-state index contributed by atoms with van der Waals surface area (Å²) in [6.45, 7) is 2.12.